The zero-order valence-corrected chi connectivity index (χ0v) is 14.4. The quantitative estimate of drug-likeness (QED) is 0.766. The lowest BCUT2D eigenvalue weighted by molar-refractivity contribution is 0.0935. The standard InChI is InChI=1S/C20H19N3O3/c1-13(12-17-22-19(23-26-17)15-6-3-2-4-7-15)21-20(24)16-9-5-8-14-10-11-25-18(14)16/h2-9,13H,10-12H2,1H3,(H,21,24). The van der Waals surface area contributed by atoms with Crippen LogP contribution >= 0.6 is 0 Å². The first-order valence-electron chi connectivity index (χ1n) is 8.64. The van der Waals surface area contributed by atoms with E-state index in [2.05, 4.69) is 15.5 Å². The monoisotopic (exact) mass is 349 g/mol. The number of carbonyl (C=O) groups excluding carboxylic acids is 1. The summed E-state index contributed by atoms with van der Waals surface area (Å²) in [6.07, 6.45) is 1.30. The number of carbonyl (C=O) groups is 1. The first-order chi connectivity index (χ1) is 12.7. The average Bonchev–Trinajstić information content (AvgIpc) is 3.31. The Morgan fingerprint density at radius 3 is 2.88 bits per heavy atom. The van der Waals surface area contributed by atoms with Gasteiger partial charge in [0.25, 0.3) is 5.91 Å². The molecule has 1 aliphatic rings. The Kier molecular flexibility index (Phi) is 4.39. The largest absolute Gasteiger partial charge is 0.492 e. The lowest BCUT2D eigenvalue weighted by Crippen LogP contribution is -2.34. The van der Waals surface area contributed by atoms with Gasteiger partial charge in [-0.05, 0) is 18.6 Å². The van der Waals surface area contributed by atoms with Crippen LogP contribution in [0, 0.1) is 0 Å². The van der Waals surface area contributed by atoms with Gasteiger partial charge in [-0.15, -0.1) is 0 Å². The van der Waals surface area contributed by atoms with Gasteiger partial charge in [-0.1, -0.05) is 47.6 Å². The Bertz CT molecular complexity index is 921. The molecule has 2 heterocycles. The van der Waals surface area contributed by atoms with Crippen molar-refractivity contribution in [3.05, 3.63) is 65.5 Å². The summed E-state index contributed by atoms with van der Waals surface area (Å²) < 4.78 is 10.9. The van der Waals surface area contributed by atoms with Crippen LogP contribution in [0.4, 0.5) is 0 Å². The lowest BCUT2D eigenvalue weighted by atomic mass is 10.1. The van der Waals surface area contributed by atoms with E-state index in [1.165, 1.54) is 0 Å². The third-order valence-corrected chi connectivity index (χ3v) is 4.32. The molecule has 0 radical (unpaired) electrons. The second-order valence-corrected chi connectivity index (χ2v) is 6.35. The summed E-state index contributed by atoms with van der Waals surface area (Å²) in [5.74, 6) is 1.58. The Morgan fingerprint density at radius 2 is 2.04 bits per heavy atom. The molecule has 3 aromatic rings. The number of hydrogen-bond acceptors (Lipinski definition) is 5. The third kappa shape index (κ3) is 3.31. The second-order valence-electron chi connectivity index (χ2n) is 6.35. The van der Waals surface area contributed by atoms with E-state index in [-0.39, 0.29) is 11.9 Å². The van der Waals surface area contributed by atoms with Crippen molar-refractivity contribution in [2.45, 2.75) is 25.8 Å². The summed E-state index contributed by atoms with van der Waals surface area (Å²) in [6, 6.07) is 15.2. The van der Waals surface area contributed by atoms with Gasteiger partial charge in [-0.25, -0.2) is 0 Å². The van der Waals surface area contributed by atoms with E-state index in [0.717, 1.165) is 17.5 Å². The summed E-state index contributed by atoms with van der Waals surface area (Å²) in [7, 11) is 0. The van der Waals surface area contributed by atoms with Gasteiger partial charge in [0.15, 0.2) is 0 Å². The van der Waals surface area contributed by atoms with Gasteiger partial charge < -0.3 is 14.6 Å². The number of nitrogens with zero attached hydrogens (tertiary/aromatic N) is 2. The lowest BCUT2D eigenvalue weighted by Gasteiger charge is -2.13. The van der Waals surface area contributed by atoms with Crippen LogP contribution in [-0.2, 0) is 12.8 Å². The van der Waals surface area contributed by atoms with Gasteiger partial charge in [0.2, 0.25) is 11.7 Å². The Hall–Kier alpha value is -3.15. The maximum Gasteiger partial charge on any atom is 0.255 e. The number of fused-ring (bicyclic) bond motifs is 1. The molecule has 132 valence electrons. The van der Waals surface area contributed by atoms with E-state index in [9.17, 15) is 4.79 Å². The molecule has 4 rings (SSSR count). The third-order valence-electron chi connectivity index (χ3n) is 4.32. The molecule has 0 saturated heterocycles. The van der Waals surface area contributed by atoms with E-state index in [1.54, 1.807) is 6.07 Å². The predicted octanol–water partition coefficient (Wildman–Crippen LogP) is 3.03. The highest BCUT2D eigenvalue weighted by atomic mass is 16.5. The van der Waals surface area contributed by atoms with E-state index < -0.39 is 0 Å². The fourth-order valence-corrected chi connectivity index (χ4v) is 3.05. The summed E-state index contributed by atoms with van der Waals surface area (Å²) in [5.41, 5.74) is 2.55. The molecule has 0 aliphatic carbocycles. The van der Waals surface area contributed by atoms with E-state index >= 15 is 0 Å². The van der Waals surface area contributed by atoms with E-state index in [4.69, 9.17) is 9.26 Å². The van der Waals surface area contributed by atoms with Gasteiger partial charge >= 0.3 is 0 Å². The van der Waals surface area contributed by atoms with Gasteiger partial charge in [0.05, 0.1) is 12.2 Å². The first-order valence-corrected chi connectivity index (χ1v) is 8.64. The smallest absolute Gasteiger partial charge is 0.255 e. The topological polar surface area (TPSA) is 77.3 Å². The Balaban J connectivity index is 1.42. The van der Waals surface area contributed by atoms with Crippen LogP contribution in [0.1, 0.15) is 28.7 Å². The van der Waals surface area contributed by atoms with Gasteiger partial charge in [-0.3, -0.25) is 4.79 Å². The predicted molar refractivity (Wildman–Crippen MR) is 96.0 cm³/mol. The summed E-state index contributed by atoms with van der Waals surface area (Å²) in [5, 5.41) is 6.98. The van der Waals surface area contributed by atoms with Crippen molar-refractivity contribution >= 4 is 5.91 Å². The zero-order chi connectivity index (χ0) is 17.9. The number of amides is 1. The molecule has 6 nitrogen and oxygen atoms in total. The average molecular weight is 349 g/mol. The summed E-state index contributed by atoms with van der Waals surface area (Å²) in [4.78, 5) is 17.0. The Morgan fingerprint density at radius 1 is 1.19 bits per heavy atom. The number of nitrogens with one attached hydrogen (secondary N) is 1. The molecule has 0 saturated carbocycles. The van der Waals surface area contributed by atoms with Crippen LogP contribution in [0.5, 0.6) is 5.75 Å². The zero-order valence-electron chi connectivity index (χ0n) is 14.4. The molecule has 0 bridgehead atoms. The highest BCUT2D eigenvalue weighted by molar-refractivity contribution is 5.97. The number of hydrogen-bond donors (Lipinski definition) is 1. The van der Waals surface area contributed by atoms with Crippen LogP contribution in [0.3, 0.4) is 0 Å². The highest BCUT2D eigenvalue weighted by Gasteiger charge is 2.22. The molecule has 0 spiro atoms. The normalized spacial score (nSPS) is 13.7. The fourth-order valence-electron chi connectivity index (χ4n) is 3.05. The van der Waals surface area contributed by atoms with Crippen molar-refractivity contribution in [2.75, 3.05) is 6.61 Å². The SMILES string of the molecule is CC(Cc1nc(-c2ccccc2)no1)NC(=O)c1cccc2c1OCC2. The van der Waals surface area contributed by atoms with Crippen molar-refractivity contribution in [1.82, 2.24) is 15.5 Å². The molecule has 1 aromatic heterocycles. The summed E-state index contributed by atoms with van der Waals surface area (Å²) in [6.45, 7) is 2.54. The molecular weight excluding hydrogens is 330 g/mol. The van der Waals surface area contributed by atoms with E-state index in [1.807, 2.05) is 49.4 Å². The van der Waals surface area contributed by atoms with Crippen LogP contribution in [0.2, 0.25) is 0 Å². The molecule has 1 atom stereocenters. The van der Waals surface area contributed by atoms with Crippen molar-refractivity contribution in [3.63, 3.8) is 0 Å². The van der Waals surface area contributed by atoms with Crippen LogP contribution < -0.4 is 10.1 Å². The molecule has 1 N–H and O–H groups in total. The van der Waals surface area contributed by atoms with E-state index in [0.29, 0.717) is 36.1 Å². The van der Waals surface area contributed by atoms with Gasteiger partial charge in [0, 0.05) is 24.4 Å². The van der Waals surface area contributed by atoms with Crippen LogP contribution in [-0.4, -0.2) is 28.7 Å². The summed E-state index contributed by atoms with van der Waals surface area (Å²) >= 11 is 0. The van der Waals surface area contributed by atoms with Crippen LogP contribution in [0.15, 0.2) is 53.1 Å². The molecule has 26 heavy (non-hydrogen) atoms. The number of benzene rings is 2. The Labute approximate surface area is 151 Å². The van der Waals surface area contributed by atoms with Crippen molar-refractivity contribution in [2.24, 2.45) is 0 Å². The molecule has 0 fully saturated rings. The number of para-hydroxylation sites is 1. The first kappa shape index (κ1) is 16.3. The van der Waals surface area contributed by atoms with Crippen molar-refractivity contribution < 1.29 is 14.1 Å². The molecule has 1 aliphatic heterocycles. The number of ether oxygens (including phenoxy) is 1. The maximum absolute atomic E-state index is 12.6. The molecule has 6 heteroatoms. The second kappa shape index (κ2) is 7.00. The minimum Gasteiger partial charge on any atom is -0.492 e. The minimum atomic E-state index is -0.154. The van der Waals surface area contributed by atoms with Gasteiger partial charge in [0.1, 0.15) is 5.75 Å². The van der Waals surface area contributed by atoms with Crippen molar-refractivity contribution in [1.29, 1.82) is 0 Å². The molecular formula is C20H19N3O3. The minimum absolute atomic E-state index is 0.149. The van der Waals surface area contributed by atoms with Crippen molar-refractivity contribution in [3.8, 4) is 17.1 Å². The fraction of sp³-hybridized carbons (Fsp3) is 0.250. The molecule has 1 unspecified atom stereocenters. The number of aromatic nitrogens is 2. The number of rotatable bonds is 5. The molecule has 1 amide bonds. The van der Waals surface area contributed by atoms with Crippen LogP contribution in [0.25, 0.3) is 11.4 Å². The highest BCUT2D eigenvalue weighted by Crippen LogP contribution is 2.29. The van der Waals surface area contributed by atoms with Gasteiger partial charge in [-0.2, -0.15) is 4.98 Å². The maximum atomic E-state index is 12.6. The molecule has 2 aromatic carbocycles.